The molecule has 2 aromatic carbocycles. The second-order valence-electron chi connectivity index (χ2n) is 7.54. The normalized spacial score (nSPS) is 9.37. The maximum atomic E-state index is 11.3. The SMILES string of the molecule is CC(C)[O-].CC(C)[O-].[O-]c1ncccc1-c1ccccc1.[O-]c1ncccc1-c1ccccc1.[Ti+4]. The molecule has 0 N–H and O–H groups in total. The number of hydrogen-bond donors (Lipinski definition) is 0. The number of benzene rings is 2. The summed E-state index contributed by atoms with van der Waals surface area (Å²) in [6, 6.07) is 26.2. The molecule has 2 heterocycles. The van der Waals surface area contributed by atoms with Crippen LogP contribution in [0, 0.1) is 0 Å². The van der Waals surface area contributed by atoms with Gasteiger partial charge >= 0.3 is 21.7 Å². The molecular formula is C28H30N2O4Ti. The van der Waals surface area contributed by atoms with Crippen LogP contribution in [-0.4, -0.2) is 22.2 Å². The molecule has 0 unspecified atom stereocenters. The Hall–Kier alpha value is -3.03. The van der Waals surface area contributed by atoms with Gasteiger partial charge in [-0.15, -0.1) is 12.2 Å². The van der Waals surface area contributed by atoms with Crippen molar-refractivity contribution in [2.75, 3.05) is 0 Å². The van der Waals surface area contributed by atoms with E-state index in [9.17, 15) is 20.4 Å². The average molecular weight is 506 g/mol. The molecule has 0 radical (unpaired) electrons. The molecule has 0 saturated heterocycles. The van der Waals surface area contributed by atoms with Gasteiger partial charge in [0.2, 0.25) is 0 Å². The molecule has 4 aromatic rings. The van der Waals surface area contributed by atoms with Gasteiger partial charge in [-0.1, -0.05) is 100 Å². The van der Waals surface area contributed by atoms with Gasteiger partial charge in [0.1, 0.15) is 0 Å². The zero-order valence-corrected chi connectivity index (χ0v) is 22.0. The molecule has 0 spiro atoms. The van der Waals surface area contributed by atoms with Crippen molar-refractivity contribution in [2.45, 2.75) is 39.9 Å². The fourth-order valence-electron chi connectivity index (χ4n) is 2.46. The van der Waals surface area contributed by atoms with Crippen molar-refractivity contribution in [3.63, 3.8) is 0 Å². The monoisotopic (exact) mass is 506 g/mol. The summed E-state index contributed by atoms with van der Waals surface area (Å²) in [6.45, 7) is 6.44. The zero-order chi connectivity index (χ0) is 25.3. The molecule has 0 bridgehead atoms. The average Bonchev–Trinajstić information content (AvgIpc) is 2.81. The summed E-state index contributed by atoms with van der Waals surface area (Å²) in [5.74, 6) is -0.345. The maximum Gasteiger partial charge on any atom is 4.00 e. The maximum absolute atomic E-state index is 11.3. The minimum atomic E-state index is -0.417. The van der Waals surface area contributed by atoms with Crippen LogP contribution in [0.25, 0.3) is 22.3 Å². The molecule has 0 aliphatic heterocycles. The Labute approximate surface area is 222 Å². The molecule has 0 saturated carbocycles. The van der Waals surface area contributed by atoms with E-state index >= 15 is 0 Å². The molecular weight excluding hydrogens is 476 g/mol. The van der Waals surface area contributed by atoms with Crippen LogP contribution in [-0.2, 0) is 21.7 Å². The largest absolute Gasteiger partial charge is 4.00 e. The van der Waals surface area contributed by atoms with Crippen molar-refractivity contribution in [1.29, 1.82) is 0 Å². The summed E-state index contributed by atoms with van der Waals surface area (Å²) in [5.41, 5.74) is 3.15. The Balaban J connectivity index is 0.000000499. The first-order chi connectivity index (χ1) is 16.2. The summed E-state index contributed by atoms with van der Waals surface area (Å²) in [4.78, 5) is 7.40. The van der Waals surface area contributed by atoms with Crippen molar-refractivity contribution >= 4 is 0 Å². The molecule has 0 fully saturated rings. The second kappa shape index (κ2) is 18.3. The number of rotatable bonds is 2. The van der Waals surface area contributed by atoms with Crippen LogP contribution < -0.4 is 20.4 Å². The molecule has 35 heavy (non-hydrogen) atoms. The van der Waals surface area contributed by atoms with Gasteiger partial charge in [0.25, 0.3) is 0 Å². The zero-order valence-electron chi connectivity index (χ0n) is 20.4. The third kappa shape index (κ3) is 14.1. The van der Waals surface area contributed by atoms with Crippen LogP contribution in [0.4, 0.5) is 0 Å². The van der Waals surface area contributed by atoms with Crippen molar-refractivity contribution < 1.29 is 42.1 Å². The van der Waals surface area contributed by atoms with Gasteiger partial charge < -0.3 is 20.4 Å². The van der Waals surface area contributed by atoms with Gasteiger partial charge in [0.15, 0.2) is 0 Å². The van der Waals surface area contributed by atoms with E-state index in [4.69, 9.17) is 0 Å². The number of hydrogen-bond acceptors (Lipinski definition) is 6. The number of nitrogens with zero attached hydrogens (tertiary/aromatic N) is 2. The van der Waals surface area contributed by atoms with E-state index in [0.29, 0.717) is 11.1 Å². The molecule has 2 aromatic heterocycles. The van der Waals surface area contributed by atoms with Gasteiger partial charge in [-0.2, -0.15) is 0 Å². The van der Waals surface area contributed by atoms with Gasteiger partial charge in [-0.3, -0.25) is 9.97 Å². The molecule has 180 valence electrons. The molecule has 0 aliphatic carbocycles. The fourth-order valence-corrected chi connectivity index (χ4v) is 2.46. The summed E-state index contributed by atoms with van der Waals surface area (Å²) >= 11 is 0. The van der Waals surface area contributed by atoms with Crippen molar-refractivity contribution in [3.05, 3.63) is 97.3 Å². The van der Waals surface area contributed by atoms with Crippen molar-refractivity contribution in [2.24, 2.45) is 0 Å². The van der Waals surface area contributed by atoms with Crippen LogP contribution in [0.1, 0.15) is 27.7 Å². The first-order valence-electron chi connectivity index (χ1n) is 10.9. The smallest absolute Gasteiger partial charge is 0.858 e. The van der Waals surface area contributed by atoms with E-state index in [2.05, 4.69) is 9.97 Å². The van der Waals surface area contributed by atoms with Crippen LogP contribution in [0.2, 0.25) is 0 Å². The van der Waals surface area contributed by atoms with Gasteiger partial charge in [-0.05, 0) is 46.1 Å². The molecule has 6 nitrogen and oxygen atoms in total. The van der Waals surface area contributed by atoms with E-state index in [-0.39, 0.29) is 33.5 Å². The third-order valence-corrected chi connectivity index (χ3v) is 3.71. The second-order valence-corrected chi connectivity index (χ2v) is 7.54. The Morgan fingerprint density at radius 2 is 0.800 bits per heavy atom. The topological polar surface area (TPSA) is 118 Å². The number of pyridine rings is 2. The summed E-state index contributed by atoms with van der Waals surface area (Å²) in [6.07, 6.45) is 2.18. The standard InChI is InChI=1S/2C11H9NO.2C3H7O.Ti/c2*13-11-10(7-4-8-12-11)9-5-2-1-3-6-9;2*1-3(2)4;/h2*1-8H,(H,12,13);2*3H,1-2H3;/q;;2*-1;+4/p-2. The summed E-state index contributed by atoms with van der Waals surface area (Å²) in [5, 5.41) is 41.7. The van der Waals surface area contributed by atoms with Gasteiger partial charge in [0.05, 0.1) is 0 Å². The molecule has 7 heteroatoms. The van der Waals surface area contributed by atoms with Crippen LogP contribution in [0.15, 0.2) is 97.3 Å². The van der Waals surface area contributed by atoms with Gasteiger partial charge in [-0.25, -0.2) is 0 Å². The predicted molar refractivity (Wildman–Crippen MR) is 129 cm³/mol. The quantitative estimate of drug-likeness (QED) is 0.386. The first-order valence-corrected chi connectivity index (χ1v) is 10.9. The minimum Gasteiger partial charge on any atom is -0.858 e. The van der Waals surface area contributed by atoms with Crippen molar-refractivity contribution in [3.8, 4) is 34.0 Å². The van der Waals surface area contributed by atoms with E-state index in [0.717, 1.165) is 11.1 Å². The van der Waals surface area contributed by atoms with E-state index in [1.54, 1.807) is 52.0 Å². The predicted octanol–water partition coefficient (Wildman–Crippen LogP) is 3.15. The summed E-state index contributed by atoms with van der Waals surface area (Å²) < 4.78 is 0. The third-order valence-electron chi connectivity index (χ3n) is 3.71. The Morgan fingerprint density at radius 3 is 1.06 bits per heavy atom. The van der Waals surface area contributed by atoms with E-state index in [1.807, 2.05) is 60.7 Å². The Bertz CT molecular complexity index is 970. The summed E-state index contributed by atoms with van der Waals surface area (Å²) in [7, 11) is 0. The first kappa shape index (κ1) is 32.0. The Morgan fingerprint density at radius 1 is 0.514 bits per heavy atom. The van der Waals surface area contributed by atoms with Crippen LogP contribution >= 0.6 is 0 Å². The molecule has 0 aliphatic rings. The van der Waals surface area contributed by atoms with E-state index in [1.165, 1.54) is 12.4 Å². The van der Waals surface area contributed by atoms with Crippen molar-refractivity contribution in [1.82, 2.24) is 9.97 Å². The van der Waals surface area contributed by atoms with Gasteiger partial charge in [0, 0.05) is 12.4 Å². The minimum absolute atomic E-state index is 0. The van der Waals surface area contributed by atoms with Crippen LogP contribution in [0.3, 0.4) is 0 Å². The Kier molecular flexibility index (Phi) is 16.7. The molecule has 0 amide bonds. The number of aromatic nitrogens is 2. The molecule has 4 rings (SSSR count). The molecule has 0 atom stereocenters. The van der Waals surface area contributed by atoms with E-state index < -0.39 is 12.2 Å². The fraction of sp³-hybridized carbons (Fsp3) is 0.214. The van der Waals surface area contributed by atoms with Crippen LogP contribution in [0.5, 0.6) is 11.8 Å².